The van der Waals surface area contributed by atoms with Gasteiger partial charge in [-0.15, -0.1) is 0 Å². The highest BCUT2D eigenvalue weighted by molar-refractivity contribution is 4.64. The van der Waals surface area contributed by atoms with Gasteiger partial charge in [-0.2, -0.15) is 0 Å². The van der Waals surface area contributed by atoms with Crippen LogP contribution in [0.1, 0.15) is 51.9 Å². The lowest BCUT2D eigenvalue weighted by atomic mass is 9.86. The van der Waals surface area contributed by atoms with Gasteiger partial charge in [0.05, 0.1) is 0 Å². The molecule has 0 aromatic carbocycles. The Kier molecular flexibility index (Phi) is 3.10. The molecule has 54 valence electrons. The van der Waals surface area contributed by atoms with Crippen LogP contribution in [0, 0.1) is 5.92 Å². The van der Waals surface area contributed by atoms with Crippen LogP contribution >= 0.6 is 0 Å². The molecule has 0 atom stereocenters. The molecule has 0 N–H and O–H groups in total. The molecule has 0 aromatic rings. The third kappa shape index (κ3) is 2.38. The highest BCUT2D eigenvalue weighted by Crippen LogP contribution is 2.26. The minimum Gasteiger partial charge on any atom is -0.0654 e. The van der Waals surface area contributed by atoms with E-state index in [0.29, 0.717) is 0 Å². The maximum Gasteiger partial charge on any atom is -0.0414 e. The van der Waals surface area contributed by atoms with Crippen LogP contribution in [0.15, 0.2) is 0 Å². The van der Waals surface area contributed by atoms with E-state index in [1.807, 2.05) is 0 Å². The zero-order chi connectivity index (χ0) is 6.53. The van der Waals surface area contributed by atoms with Crippen LogP contribution in [-0.2, 0) is 0 Å². The molecule has 0 heteroatoms. The smallest absolute Gasteiger partial charge is 0.0414 e. The van der Waals surface area contributed by atoms with Gasteiger partial charge in [0.15, 0.2) is 0 Å². The fourth-order valence-electron chi connectivity index (χ4n) is 1.88. The van der Waals surface area contributed by atoms with Crippen LogP contribution in [0.2, 0.25) is 0 Å². The van der Waals surface area contributed by atoms with Crippen molar-refractivity contribution >= 4 is 0 Å². The Bertz CT molecular complexity index is 57.7. The van der Waals surface area contributed by atoms with Crippen LogP contribution in [0.4, 0.5) is 0 Å². The Balaban J connectivity index is 2.08. The lowest BCUT2D eigenvalue weighted by Crippen LogP contribution is -2.04. The van der Waals surface area contributed by atoms with Gasteiger partial charge >= 0.3 is 0 Å². The van der Waals surface area contributed by atoms with E-state index in [4.69, 9.17) is 0 Å². The molecule has 0 heterocycles. The zero-order valence-electron chi connectivity index (χ0n) is 6.53. The Morgan fingerprint density at radius 3 is 2.33 bits per heavy atom. The molecule has 1 aliphatic rings. The molecule has 0 aromatic heterocycles. The highest BCUT2D eigenvalue weighted by atomic mass is 14.2. The second-order valence-electron chi connectivity index (χ2n) is 3.29. The Morgan fingerprint density at radius 1 is 1.11 bits per heavy atom. The Morgan fingerprint density at radius 2 is 1.78 bits per heavy atom. The van der Waals surface area contributed by atoms with Crippen molar-refractivity contribution in [2.75, 3.05) is 0 Å². The summed E-state index contributed by atoms with van der Waals surface area (Å²) in [7, 11) is 0. The Hall–Kier alpha value is 0. The molecule has 0 radical (unpaired) electrons. The monoisotopic (exact) mass is 126 g/mol. The molecule has 0 nitrogen and oxygen atoms in total. The topological polar surface area (TPSA) is 0 Å². The first kappa shape index (κ1) is 7.11. The largest absolute Gasteiger partial charge is 0.0654 e. The maximum atomic E-state index is 2.30. The molecular formula is C9H18. The summed E-state index contributed by atoms with van der Waals surface area (Å²) in [5.41, 5.74) is 0. The lowest BCUT2D eigenvalue weighted by Gasteiger charge is -2.20. The van der Waals surface area contributed by atoms with Gasteiger partial charge in [0.1, 0.15) is 0 Å². The van der Waals surface area contributed by atoms with Crippen LogP contribution in [0.3, 0.4) is 0 Å². The van der Waals surface area contributed by atoms with Gasteiger partial charge in [0.25, 0.3) is 0 Å². The van der Waals surface area contributed by atoms with Gasteiger partial charge in [-0.1, -0.05) is 51.9 Å². The molecule has 1 rings (SSSR count). The first-order valence-corrected chi connectivity index (χ1v) is 4.43. The van der Waals surface area contributed by atoms with Crippen molar-refractivity contribution in [1.29, 1.82) is 0 Å². The van der Waals surface area contributed by atoms with Gasteiger partial charge in [0, 0.05) is 0 Å². The summed E-state index contributed by atoms with van der Waals surface area (Å²) in [5, 5.41) is 0. The third-order valence-electron chi connectivity index (χ3n) is 2.42. The van der Waals surface area contributed by atoms with Gasteiger partial charge in [-0.05, 0) is 5.92 Å². The third-order valence-corrected chi connectivity index (χ3v) is 2.42. The van der Waals surface area contributed by atoms with Crippen molar-refractivity contribution in [2.24, 2.45) is 5.92 Å². The summed E-state index contributed by atoms with van der Waals surface area (Å²) in [6.45, 7) is 2.30. The average Bonchev–Trinajstić information content (AvgIpc) is 1.91. The maximum absolute atomic E-state index is 2.30. The second-order valence-corrected chi connectivity index (χ2v) is 3.29. The predicted molar refractivity (Wildman–Crippen MR) is 41.5 cm³/mol. The summed E-state index contributed by atoms with van der Waals surface area (Å²) < 4.78 is 0. The fraction of sp³-hybridized carbons (Fsp3) is 1.00. The standard InChI is InChI=1S/C9H18/c1-2-6-9-7-4-3-5-8-9/h9H,2-8H2,1H3. The second kappa shape index (κ2) is 3.92. The molecule has 1 fully saturated rings. The average molecular weight is 126 g/mol. The first-order chi connectivity index (χ1) is 4.43. The molecule has 0 saturated heterocycles. The van der Waals surface area contributed by atoms with E-state index < -0.39 is 0 Å². The Labute approximate surface area is 58.7 Å². The van der Waals surface area contributed by atoms with Crippen LogP contribution in [0.5, 0.6) is 0 Å². The molecule has 1 saturated carbocycles. The quantitative estimate of drug-likeness (QED) is 0.532. The van der Waals surface area contributed by atoms with Gasteiger partial charge < -0.3 is 0 Å². The molecule has 0 bridgehead atoms. The van der Waals surface area contributed by atoms with E-state index in [0.717, 1.165) is 5.92 Å². The zero-order valence-corrected chi connectivity index (χ0v) is 6.53. The molecule has 9 heavy (non-hydrogen) atoms. The van der Waals surface area contributed by atoms with Crippen LogP contribution in [0.25, 0.3) is 0 Å². The van der Waals surface area contributed by atoms with Gasteiger partial charge in [-0.25, -0.2) is 0 Å². The lowest BCUT2D eigenvalue weighted by molar-refractivity contribution is 0.336. The van der Waals surface area contributed by atoms with E-state index in [9.17, 15) is 0 Å². The number of hydrogen-bond acceptors (Lipinski definition) is 0. The predicted octanol–water partition coefficient (Wildman–Crippen LogP) is 3.37. The van der Waals surface area contributed by atoms with Crippen molar-refractivity contribution in [1.82, 2.24) is 0 Å². The van der Waals surface area contributed by atoms with Crippen molar-refractivity contribution in [3.05, 3.63) is 0 Å². The van der Waals surface area contributed by atoms with Crippen molar-refractivity contribution in [3.63, 3.8) is 0 Å². The fourth-order valence-corrected chi connectivity index (χ4v) is 1.88. The molecule has 0 spiro atoms. The van der Waals surface area contributed by atoms with Crippen molar-refractivity contribution in [3.8, 4) is 0 Å². The summed E-state index contributed by atoms with van der Waals surface area (Å²) in [6.07, 6.45) is 10.4. The van der Waals surface area contributed by atoms with Crippen molar-refractivity contribution in [2.45, 2.75) is 51.9 Å². The van der Waals surface area contributed by atoms with Gasteiger partial charge in [0.2, 0.25) is 0 Å². The molecular weight excluding hydrogens is 108 g/mol. The first-order valence-electron chi connectivity index (χ1n) is 4.43. The minimum absolute atomic E-state index is 1.10. The van der Waals surface area contributed by atoms with E-state index in [1.165, 1.54) is 44.9 Å². The molecule has 1 aliphatic carbocycles. The summed E-state index contributed by atoms with van der Waals surface area (Å²) in [4.78, 5) is 0. The van der Waals surface area contributed by atoms with Crippen LogP contribution < -0.4 is 0 Å². The number of rotatable bonds is 2. The molecule has 0 amide bonds. The van der Waals surface area contributed by atoms with E-state index in [2.05, 4.69) is 6.92 Å². The summed E-state index contributed by atoms with van der Waals surface area (Å²) in [6, 6.07) is 0. The summed E-state index contributed by atoms with van der Waals surface area (Å²) in [5.74, 6) is 1.10. The van der Waals surface area contributed by atoms with E-state index >= 15 is 0 Å². The van der Waals surface area contributed by atoms with Gasteiger partial charge in [-0.3, -0.25) is 0 Å². The molecule has 0 unspecified atom stereocenters. The number of hydrogen-bond donors (Lipinski definition) is 0. The summed E-state index contributed by atoms with van der Waals surface area (Å²) >= 11 is 0. The van der Waals surface area contributed by atoms with E-state index in [1.54, 1.807) is 0 Å². The highest BCUT2D eigenvalue weighted by Gasteiger charge is 2.10. The van der Waals surface area contributed by atoms with Crippen molar-refractivity contribution < 1.29 is 0 Å². The molecule has 0 aliphatic heterocycles. The minimum atomic E-state index is 1.10. The van der Waals surface area contributed by atoms with E-state index in [-0.39, 0.29) is 0 Å². The normalized spacial score (nSPS) is 22.3. The SMILES string of the molecule is CCCC1CCCCC1. The van der Waals surface area contributed by atoms with Crippen LogP contribution in [-0.4, -0.2) is 0 Å².